The third-order valence-corrected chi connectivity index (χ3v) is 5.33. The largest absolute Gasteiger partial charge is 0.535 e. The van der Waals surface area contributed by atoms with E-state index in [1.807, 2.05) is 0 Å². The van der Waals surface area contributed by atoms with Gasteiger partial charge in [-0.15, -0.1) is 0 Å². The van der Waals surface area contributed by atoms with Crippen LogP contribution in [-0.4, -0.2) is 82.3 Å². The normalized spacial score (nSPS) is 17.4. The summed E-state index contributed by atoms with van der Waals surface area (Å²) in [7, 11) is -1.09. The number of ether oxygens (including phenoxy) is 1. The molecule has 1 aromatic rings. The van der Waals surface area contributed by atoms with E-state index in [0.717, 1.165) is 0 Å². The molecule has 2 aliphatic heterocycles. The van der Waals surface area contributed by atoms with Crippen LogP contribution in [-0.2, 0) is 20.8 Å². The molecule has 32 heavy (non-hydrogen) atoms. The number of benzene rings is 1. The molecular weight excluding hydrogens is 425 g/mol. The third-order valence-electron chi connectivity index (χ3n) is 5.33. The Morgan fingerprint density at radius 1 is 1.31 bits per heavy atom. The number of nitrogens with zero attached hydrogens (tertiary/aromatic N) is 1. The van der Waals surface area contributed by atoms with Crippen molar-refractivity contribution >= 4 is 30.9 Å². The van der Waals surface area contributed by atoms with E-state index in [2.05, 4.69) is 5.32 Å². The SMILES string of the molecule is CC(NC(CC(=O)O)C(N)=O)C(=O)N1CC(Oc2ccc3c(c2C(=O)O)OB(O)CC3)C1. The summed E-state index contributed by atoms with van der Waals surface area (Å²) in [4.78, 5) is 48.0. The second-order valence-electron chi connectivity index (χ2n) is 7.77. The molecule has 2 amide bonds. The lowest BCUT2D eigenvalue weighted by Crippen LogP contribution is -2.61. The predicted molar refractivity (Wildman–Crippen MR) is 109 cm³/mol. The number of likely N-dealkylation sites (tertiary alicyclic amines) is 1. The van der Waals surface area contributed by atoms with E-state index in [1.54, 1.807) is 6.07 Å². The number of primary amides is 1. The van der Waals surface area contributed by atoms with Gasteiger partial charge in [-0.3, -0.25) is 19.7 Å². The molecule has 0 radical (unpaired) electrons. The number of hydrogen-bond donors (Lipinski definition) is 5. The van der Waals surface area contributed by atoms with Gasteiger partial charge in [0.1, 0.15) is 23.2 Å². The minimum Gasteiger partial charge on any atom is -0.535 e. The van der Waals surface area contributed by atoms with E-state index in [1.165, 1.54) is 17.9 Å². The number of carboxylic acid groups (broad SMARTS) is 2. The predicted octanol–water partition coefficient (Wildman–Crippen LogP) is -1.30. The number of fused-ring (bicyclic) bond motifs is 1. The molecule has 2 unspecified atom stereocenters. The van der Waals surface area contributed by atoms with Gasteiger partial charge in [-0.25, -0.2) is 4.79 Å². The maximum atomic E-state index is 12.5. The van der Waals surface area contributed by atoms with Crippen LogP contribution in [0.3, 0.4) is 0 Å². The fourth-order valence-corrected chi connectivity index (χ4v) is 3.65. The van der Waals surface area contributed by atoms with E-state index >= 15 is 0 Å². The average molecular weight is 449 g/mol. The van der Waals surface area contributed by atoms with E-state index in [4.69, 9.17) is 20.2 Å². The van der Waals surface area contributed by atoms with Gasteiger partial charge in [0.2, 0.25) is 11.8 Å². The second kappa shape index (κ2) is 9.45. The minimum absolute atomic E-state index is 0.0730. The van der Waals surface area contributed by atoms with Crippen LogP contribution in [0.1, 0.15) is 29.3 Å². The van der Waals surface area contributed by atoms with Crippen LogP contribution in [0.25, 0.3) is 0 Å². The number of carboxylic acids is 2. The molecular formula is C19H24BN3O9. The first-order chi connectivity index (χ1) is 15.1. The molecule has 0 spiro atoms. The lowest BCUT2D eigenvalue weighted by Gasteiger charge is -2.41. The number of hydrogen-bond acceptors (Lipinski definition) is 8. The molecule has 13 heteroatoms. The van der Waals surface area contributed by atoms with Gasteiger partial charge in [0.05, 0.1) is 31.6 Å². The zero-order valence-electron chi connectivity index (χ0n) is 17.3. The smallest absolute Gasteiger partial charge is 0.522 e. The molecule has 2 heterocycles. The summed E-state index contributed by atoms with van der Waals surface area (Å²) < 4.78 is 11.1. The molecule has 3 rings (SSSR count). The van der Waals surface area contributed by atoms with Crippen molar-refractivity contribution < 1.29 is 43.8 Å². The fraction of sp³-hybridized carbons (Fsp3) is 0.474. The summed E-state index contributed by atoms with van der Waals surface area (Å²) in [6, 6.07) is 1.16. The summed E-state index contributed by atoms with van der Waals surface area (Å²) >= 11 is 0. The Hall–Kier alpha value is -3.32. The molecule has 172 valence electrons. The monoisotopic (exact) mass is 449 g/mol. The van der Waals surface area contributed by atoms with Gasteiger partial charge in [0.15, 0.2) is 0 Å². The first-order valence-corrected chi connectivity index (χ1v) is 10.0. The van der Waals surface area contributed by atoms with E-state index in [-0.39, 0.29) is 36.1 Å². The molecule has 0 bridgehead atoms. The van der Waals surface area contributed by atoms with E-state index in [9.17, 15) is 29.3 Å². The number of aromatic carboxylic acids is 1. The van der Waals surface area contributed by atoms with Crippen molar-refractivity contribution in [1.29, 1.82) is 0 Å². The van der Waals surface area contributed by atoms with Gasteiger partial charge in [-0.2, -0.15) is 0 Å². The number of aliphatic carboxylic acids is 1. The number of carbonyl (C=O) groups is 4. The molecule has 6 N–H and O–H groups in total. The fourth-order valence-electron chi connectivity index (χ4n) is 3.65. The van der Waals surface area contributed by atoms with Crippen LogP contribution in [0.4, 0.5) is 0 Å². The van der Waals surface area contributed by atoms with Crippen molar-refractivity contribution in [3.8, 4) is 11.5 Å². The maximum absolute atomic E-state index is 12.5. The highest BCUT2D eigenvalue weighted by Gasteiger charge is 2.37. The van der Waals surface area contributed by atoms with Crippen LogP contribution >= 0.6 is 0 Å². The first-order valence-electron chi connectivity index (χ1n) is 10.0. The maximum Gasteiger partial charge on any atom is 0.522 e. The highest BCUT2D eigenvalue weighted by Crippen LogP contribution is 2.37. The summed E-state index contributed by atoms with van der Waals surface area (Å²) in [6.45, 7) is 1.83. The highest BCUT2D eigenvalue weighted by atomic mass is 16.5. The highest BCUT2D eigenvalue weighted by molar-refractivity contribution is 6.44. The Morgan fingerprint density at radius 2 is 2.00 bits per heavy atom. The van der Waals surface area contributed by atoms with Crippen molar-refractivity contribution in [2.45, 2.75) is 44.3 Å². The second-order valence-corrected chi connectivity index (χ2v) is 7.77. The van der Waals surface area contributed by atoms with Crippen LogP contribution in [0, 0.1) is 0 Å². The van der Waals surface area contributed by atoms with Crippen molar-refractivity contribution in [1.82, 2.24) is 10.2 Å². The zero-order chi connectivity index (χ0) is 23.6. The molecule has 0 aliphatic carbocycles. The van der Waals surface area contributed by atoms with Crippen LogP contribution < -0.4 is 20.4 Å². The van der Waals surface area contributed by atoms with Crippen LogP contribution in [0.2, 0.25) is 6.32 Å². The summed E-state index contributed by atoms with van der Waals surface area (Å²) in [5.74, 6) is -3.59. The molecule has 0 saturated carbocycles. The molecule has 2 aliphatic rings. The lowest BCUT2D eigenvalue weighted by molar-refractivity contribution is -0.144. The molecule has 1 aromatic carbocycles. The lowest BCUT2D eigenvalue weighted by atomic mass is 9.78. The van der Waals surface area contributed by atoms with Crippen LogP contribution in [0.5, 0.6) is 11.5 Å². The Kier molecular flexibility index (Phi) is 6.89. The minimum atomic E-state index is -1.26. The van der Waals surface area contributed by atoms with Crippen LogP contribution in [0.15, 0.2) is 12.1 Å². The van der Waals surface area contributed by atoms with E-state index in [0.29, 0.717) is 18.3 Å². The summed E-state index contributed by atoms with van der Waals surface area (Å²) in [6.07, 6.45) is -0.184. The van der Waals surface area contributed by atoms with Gasteiger partial charge in [0.25, 0.3) is 0 Å². The molecule has 1 saturated heterocycles. The number of rotatable bonds is 9. The number of aryl methyl sites for hydroxylation is 1. The quantitative estimate of drug-likeness (QED) is 0.283. The number of nitrogens with one attached hydrogen (secondary N) is 1. The molecule has 0 aromatic heterocycles. The molecule has 1 fully saturated rings. The average Bonchev–Trinajstić information content (AvgIpc) is 2.68. The van der Waals surface area contributed by atoms with Crippen molar-refractivity contribution in [3.63, 3.8) is 0 Å². The first kappa shape index (κ1) is 23.4. The Morgan fingerprint density at radius 3 is 2.59 bits per heavy atom. The van der Waals surface area contributed by atoms with Gasteiger partial charge in [-0.1, -0.05) is 6.07 Å². The topological polar surface area (TPSA) is 189 Å². The zero-order valence-corrected chi connectivity index (χ0v) is 17.3. The van der Waals surface area contributed by atoms with Gasteiger partial charge in [-0.05, 0) is 31.3 Å². The Balaban J connectivity index is 1.61. The van der Waals surface area contributed by atoms with Crippen molar-refractivity contribution in [2.24, 2.45) is 5.73 Å². The van der Waals surface area contributed by atoms with Gasteiger partial charge >= 0.3 is 19.1 Å². The van der Waals surface area contributed by atoms with Gasteiger partial charge < -0.3 is 35.3 Å². The summed E-state index contributed by atoms with van der Waals surface area (Å²) in [5, 5.41) is 30.8. The Labute approximate surface area is 183 Å². The van der Waals surface area contributed by atoms with E-state index < -0.39 is 49.6 Å². The number of carbonyl (C=O) groups excluding carboxylic acids is 2. The van der Waals surface area contributed by atoms with Crippen molar-refractivity contribution in [3.05, 3.63) is 23.3 Å². The number of nitrogens with two attached hydrogens (primary N) is 1. The third kappa shape index (κ3) is 5.11. The standard InChI is InChI=1S/C19H24BN3O9/c1-9(22-12(17(21)26)6-14(24)25)18(27)23-7-11(8-23)31-13-3-2-10-4-5-20(30)32-16(10)15(13)19(28)29/h2-3,9,11-12,22,30H,4-8H2,1H3,(H2,21,26)(H,24,25)(H,28,29). The Bertz CT molecular complexity index is 935. The molecule has 2 atom stereocenters. The summed E-state index contributed by atoms with van der Waals surface area (Å²) in [5.41, 5.74) is 5.66. The molecule has 12 nitrogen and oxygen atoms in total. The van der Waals surface area contributed by atoms with Crippen molar-refractivity contribution in [2.75, 3.05) is 13.1 Å². The van der Waals surface area contributed by atoms with Gasteiger partial charge in [0, 0.05) is 0 Å². The number of amides is 2.